The van der Waals surface area contributed by atoms with Crippen LogP contribution in [-0.4, -0.2) is 75.5 Å². The molecule has 0 bridgehead atoms. The largest absolute Gasteiger partial charge is 0.379 e. The van der Waals surface area contributed by atoms with Crippen LogP contribution in [0.5, 0.6) is 0 Å². The van der Waals surface area contributed by atoms with E-state index in [2.05, 4.69) is 23.6 Å². The van der Waals surface area contributed by atoms with Crippen LogP contribution in [0.2, 0.25) is 0 Å². The quantitative estimate of drug-likeness (QED) is 0.741. The van der Waals surface area contributed by atoms with Gasteiger partial charge in [0.15, 0.2) is 0 Å². The summed E-state index contributed by atoms with van der Waals surface area (Å²) in [6, 6.07) is 0. The van der Waals surface area contributed by atoms with Crippen LogP contribution < -0.4 is 0 Å². The van der Waals surface area contributed by atoms with Crippen LogP contribution in [0, 0.1) is 0 Å². The Kier molecular flexibility index (Phi) is 8.61. The van der Waals surface area contributed by atoms with Gasteiger partial charge in [-0.1, -0.05) is 13.8 Å². The fourth-order valence-electron chi connectivity index (χ4n) is 2.06. The topological polar surface area (TPSA) is 24.9 Å². The van der Waals surface area contributed by atoms with Gasteiger partial charge in [0.25, 0.3) is 0 Å². The van der Waals surface area contributed by atoms with Crippen LogP contribution in [0.4, 0.5) is 0 Å². The predicted octanol–water partition coefficient (Wildman–Crippen LogP) is 1.07. The summed E-state index contributed by atoms with van der Waals surface area (Å²) in [5, 5.41) is 0. The first-order valence-electron chi connectivity index (χ1n) is 6.97. The third-order valence-electron chi connectivity index (χ3n) is 3.19. The molecule has 2 aliphatic heterocycles. The predicted molar refractivity (Wildman–Crippen MR) is 70.5 cm³/mol. The van der Waals surface area contributed by atoms with Gasteiger partial charge in [-0.3, -0.25) is 9.80 Å². The third-order valence-corrected chi connectivity index (χ3v) is 3.19. The zero-order chi connectivity index (χ0) is 12.3. The summed E-state index contributed by atoms with van der Waals surface area (Å²) in [6.45, 7) is 15.0. The lowest BCUT2D eigenvalue weighted by Gasteiger charge is -2.25. The van der Waals surface area contributed by atoms with E-state index in [1.165, 1.54) is 19.5 Å². The lowest BCUT2D eigenvalue weighted by molar-refractivity contribution is 0.0380. The molecule has 0 N–H and O–H groups in total. The number of hydrogen-bond acceptors (Lipinski definition) is 4. The number of ether oxygens (including phenoxy) is 2. The van der Waals surface area contributed by atoms with Gasteiger partial charge in [0.1, 0.15) is 0 Å². The molecule has 0 amide bonds. The Hall–Kier alpha value is -0.160. The highest BCUT2D eigenvalue weighted by molar-refractivity contribution is 4.59. The summed E-state index contributed by atoms with van der Waals surface area (Å²) in [4.78, 5) is 4.84. The Balaban J connectivity index is 0.000000171. The standard InChI is InChI=1S/C7H15NO.C6H13NO/c1-2-3-8-4-6-9-7-5-8;1-2-7-3-5-8-6-4-7/h2-7H2,1H3;2-6H2,1H3. The van der Waals surface area contributed by atoms with E-state index >= 15 is 0 Å². The second kappa shape index (κ2) is 9.83. The Labute approximate surface area is 106 Å². The average Bonchev–Trinajstić information content (AvgIpc) is 2.42. The monoisotopic (exact) mass is 244 g/mol. The summed E-state index contributed by atoms with van der Waals surface area (Å²) in [5.41, 5.74) is 0. The molecule has 0 radical (unpaired) electrons. The SMILES string of the molecule is CCCN1CCOCC1.CCN1CCOCC1. The fourth-order valence-corrected chi connectivity index (χ4v) is 2.06. The molecule has 102 valence electrons. The van der Waals surface area contributed by atoms with Crippen LogP contribution in [-0.2, 0) is 9.47 Å². The highest BCUT2D eigenvalue weighted by Crippen LogP contribution is 1.96. The molecule has 2 saturated heterocycles. The summed E-state index contributed by atoms with van der Waals surface area (Å²) < 4.78 is 10.4. The molecule has 0 aromatic heterocycles. The van der Waals surface area contributed by atoms with Gasteiger partial charge >= 0.3 is 0 Å². The smallest absolute Gasteiger partial charge is 0.0594 e. The van der Waals surface area contributed by atoms with Crippen molar-refractivity contribution in [1.29, 1.82) is 0 Å². The Bertz CT molecular complexity index is 164. The van der Waals surface area contributed by atoms with Crippen LogP contribution in [0.3, 0.4) is 0 Å². The lowest BCUT2D eigenvalue weighted by atomic mass is 10.4. The second-order valence-electron chi connectivity index (χ2n) is 4.50. The van der Waals surface area contributed by atoms with Gasteiger partial charge in [0.05, 0.1) is 26.4 Å². The maximum atomic E-state index is 5.20. The normalized spacial score (nSPS) is 22.9. The van der Waals surface area contributed by atoms with Gasteiger partial charge in [-0.25, -0.2) is 0 Å². The van der Waals surface area contributed by atoms with Crippen LogP contribution >= 0.6 is 0 Å². The van der Waals surface area contributed by atoms with Crippen LogP contribution in [0.15, 0.2) is 0 Å². The minimum absolute atomic E-state index is 0.924. The van der Waals surface area contributed by atoms with Crippen molar-refractivity contribution < 1.29 is 9.47 Å². The van der Waals surface area contributed by atoms with E-state index < -0.39 is 0 Å². The molecule has 0 aliphatic carbocycles. The highest BCUT2D eigenvalue weighted by Gasteiger charge is 2.07. The Morgan fingerprint density at radius 1 is 0.765 bits per heavy atom. The molecule has 2 fully saturated rings. The maximum absolute atomic E-state index is 5.20. The summed E-state index contributed by atoms with van der Waals surface area (Å²) in [5.74, 6) is 0. The summed E-state index contributed by atoms with van der Waals surface area (Å²) >= 11 is 0. The molecule has 2 rings (SSSR count). The number of hydrogen-bond donors (Lipinski definition) is 0. The molecule has 0 unspecified atom stereocenters. The van der Waals surface area contributed by atoms with Gasteiger partial charge in [-0.05, 0) is 19.5 Å². The van der Waals surface area contributed by atoms with E-state index in [-0.39, 0.29) is 0 Å². The van der Waals surface area contributed by atoms with Crippen molar-refractivity contribution in [2.24, 2.45) is 0 Å². The maximum Gasteiger partial charge on any atom is 0.0594 e. The minimum Gasteiger partial charge on any atom is -0.379 e. The average molecular weight is 244 g/mol. The van der Waals surface area contributed by atoms with Crippen molar-refractivity contribution in [2.75, 3.05) is 65.7 Å². The van der Waals surface area contributed by atoms with Gasteiger partial charge in [-0.15, -0.1) is 0 Å². The van der Waals surface area contributed by atoms with Gasteiger partial charge < -0.3 is 9.47 Å². The van der Waals surface area contributed by atoms with Crippen molar-refractivity contribution in [2.45, 2.75) is 20.3 Å². The second-order valence-corrected chi connectivity index (χ2v) is 4.50. The minimum atomic E-state index is 0.924. The van der Waals surface area contributed by atoms with E-state index in [9.17, 15) is 0 Å². The third kappa shape index (κ3) is 6.99. The molecular weight excluding hydrogens is 216 g/mol. The number of rotatable bonds is 3. The first kappa shape index (κ1) is 14.9. The van der Waals surface area contributed by atoms with E-state index in [4.69, 9.17) is 9.47 Å². The van der Waals surface area contributed by atoms with E-state index in [0.717, 1.165) is 52.6 Å². The van der Waals surface area contributed by atoms with Crippen molar-refractivity contribution in [3.05, 3.63) is 0 Å². The molecule has 4 heteroatoms. The van der Waals surface area contributed by atoms with Crippen LogP contribution in [0.25, 0.3) is 0 Å². The first-order chi connectivity index (χ1) is 8.36. The molecule has 2 aliphatic rings. The summed E-state index contributed by atoms with van der Waals surface area (Å²) in [6.07, 6.45) is 1.26. The fraction of sp³-hybridized carbons (Fsp3) is 1.00. The number of nitrogens with zero attached hydrogens (tertiary/aromatic N) is 2. The Morgan fingerprint density at radius 3 is 1.59 bits per heavy atom. The number of likely N-dealkylation sites (N-methyl/N-ethyl adjacent to an activating group) is 1. The zero-order valence-corrected chi connectivity index (χ0v) is 11.5. The number of morpholine rings is 2. The lowest BCUT2D eigenvalue weighted by Crippen LogP contribution is -2.36. The molecule has 0 spiro atoms. The summed E-state index contributed by atoms with van der Waals surface area (Å²) in [7, 11) is 0. The van der Waals surface area contributed by atoms with E-state index in [1.54, 1.807) is 0 Å². The zero-order valence-electron chi connectivity index (χ0n) is 11.5. The molecule has 17 heavy (non-hydrogen) atoms. The molecule has 4 nitrogen and oxygen atoms in total. The van der Waals surface area contributed by atoms with E-state index in [0.29, 0.717) is 0 Å². The van der Waals surface area contributed by atoms with Crippen molar-refractivity contribution in [3.8, 4) is 0 Å². The molecule has 2 heterocycles. The van der Waals surface area contributed by atoms with Gasteiger partial charge in [-0.2, -0.15) is 0 Å². The van der Waals surface area contributed by atoms with Crippen LogP contribution in [0.1, 0.15) is 20.3 Å². The highest BCUT2D eigenvalue weighted by atomic mass is 16.5. The van der Waals surface area contributed by atoms with Gasteiger partial charge in [0, 0.05) is 26.2 Å². The van der Waals surface area contributed by atoms with Gasteiger partial charge in [0.2, 0.25) is 0 Å². The first-order valence-corrected chi connectivity index (χ1v) is 6.97. The van der Waals surface area contributed by atoms with Crippen molar-refractivity contribution in [3.63, 3.8) is 0 Å². The van der Waals surface area contributed by atoms with Crippen molar-refractivity contribution >= 4 is 0 Å². The molecular formula is C13H28N2O2. The van der Waals surface area contributed by atoms with Crippen molar-refractivity contribution in [1.82, 2.24) is 9.80 Å². The molecule has 0 atom stereocenters. The molecule has 0 saturated carbocycles. The van der Waals surface area contributed by atoms with E-state index in [1.807, 2.05) is 0 Å². The molecule has 0 aromatic rings. The molecule has 0 aromatic carbocycles. The Morgan fingerprint density at radius 2 is 1.24 bits per heavy atom.